The second-order valence-corrected chi connectivity index (χ2v) is 10.7. The van der Waals surface area contributed by atoms with Crippen molar-refractivity contribution in [2.45, 2.75) is 50.7 Å². The molecule has 2 saturated heterocycles. The van der Waals surface area contributed by atoms with Gasteiger partial charge < -0.3 is 19.5 Å². The molecule has 1 N–H and O–H groups in total. The molecule has 10 heteroatoms. The molecule has 3 aliphatic rings. The van der Waals surface area contributed by atoms with Crippen LogP contribution in [0.1, 0.15) is 38.5 Å². The first-order valence-electron chi connectivity index (χ1n) is 13.2. The minimum atomic E-state index is -1.05. The number of rotatable bonds is 7. The van der Waals surface area contributed by atoms with Gasteiger partial charge in [0.15, 0.2) is 5.65 Å². The zero-order chi connectivity index (χ0) is 25.4. The minimum absolute atomic E-state index is 0.143. The summed E-state index contributed by atoms with van der Waals surface area (Å²) in [5.74, 6) is 1.69. The molecule has 0 spiro atoms. The van der Waals surface area contributed by atoms with E-state index in [1.54, 1.807) is 4.68 Å². The number of piperidine rings is 1. The van der Waals surface area contributed by atoms with Crippen LogP contribution < -0.4 is 10.3 Å². The van der Waals surface area contributed by atoms with E-state index in [1.165, 1.54) is 17.1 Å². The van der Waals surface area contributed by atoms with Crippen LogP contribution in [-0.2, 0) is 16.1 Å². The predicted octanol–water partition coefficient (Wildman–Crippen LogP) is 2.15. The molecule has 3 fully saturated rings. The summed E-state index contributed by atoms with van der Waals surface area (Å²) in [6.07, 6.45) is 7.89. The van der Waals surface area contributed by atoms with Crippen LogP contribution >= 0.6 is 0 Å². The molecule has 10 nitrogen and oxygen atoms in total. The number of likely N-dealkylation sites (tertiary alicyclic amines) is 1. The van der Waals surface area contributed by atoms with Crippen molar-refractivity contribution in [3.8, 4) is 11.4 Å². The lowest BCUT2D eigenvalue weighted by Crippen LogP contribution is -2.50. The molecule has 196 valence electrons. The third-order valence-electron chi connectivity index (χ3n) is 7.86. The second kappa shape index (κ2) is 9.90. The van der Waals surface area contributed by atoms with Gasteiger partial charge in [-0.05, 0) is 68.7 Å². The quantitative estimate of drug-likeness (QED) is 0.522. The molecule has 3 aromatic rings. The molecule has 1 aromatic carbocycles. The van der Waals surface area contributed by atoms with Crippen LogP contribution in [0, 0.1) is 11.8 Å². The van der Waals surface area contributed by atoms with Crippen molar-refractivity contribution in [2.75, 3.05) is 32.9 Å². The maximum absolute atomic E-state index is 13.2. The first kappa shape index (κ1) is 24.1. The van der Waals surface area contributed by atoms with Gasteiger partial charge in [0.05, 0.1) is 30.6 Å². The molecule has 1 saturated carbocycles. The van der Waals surface area contributed by atoms with Crippen LogP contribution in [0.25, 0.3) is 16.7 Å². The number of aliphatic hydroxyl groups is 1. The fourth-order valence-corrected chi connectivity index (χ4v) is 5.27. The highest BCUT2D eigenvalue weighted by Crippen LogP contribution is 2.33. The first-order chi connectivity index (χ1) is 18.0. The van der Waals surface area contributed by atoms with Gasteiger partial charge in [-0.1, -0.05) is 0 Å². The standard InChI is InChI=1S/C27H33N5O5/c33-25(20-1-2-20)30-11-9-27(35,10-12-30)17-31-18-28-24-23(26(31)34)15-29-32(24)21-3-5-22(6-4-21)37-16-19-7-13-36-14-8-19/h3-6,15,18-20,35H,1-2,7-14,16-17H2. The number of hydrogen-bond donors (Lipinski definition) is 1. The number of benzene rings is 1. The van der Waals surface area contributed by atoms with Crippen molar-refractivity contribution in [3.63, 3.8) is 0 Å². The Kier molecular flexibility index (Phi) is 6.46. The van der Waals surface area contributed by atoms with E-state index in [0.717, 1.165) is 50.3 Å². The van der Waals surface area contributed by atoms with E-state index in [0.29, 0.717) is 49.5 Å². The number of aromatic nitrogens is 4. The van der Waals surface area contributed by atoms with Crippen LogP contribution in [0.3, 0.4) is 0 Å². The van der Waals surface area contributed by atoms with Crippen LogP contribution in [0.15, 0.2) is 41.6 Å². The molecule has 0 bridgehead atoms. The summed E-state index contributed by atoms with van der Waals surface area (Å²) in [6.45, 7) is 3.45. The summed E-state index contributed by atoms with van der Waals surface area (Å²) < 4.78 is 14.5. The van der Waals surface area contributed by atoms with Crippen LogP contribution in [-0.4, -0.2) is 73.8 Å². The fraction of sp³-hybridized carbons (Fsp3) is 0.556. The molecule has 2 aliphatic heterocycles. The van der Waals surface area contributed by atoms with E-state index < -0.39 is 5.60 Å². The zero-order valence-electron chi connectivity index (χ0n) is 20.9. The average Bonchev–Trinajstić information content (AvgIpc) is 3.69. The Labute approximate surface area is 214 Å². The van der Waals surface area contributed by atoms with Gasteiger partial charge in [0.2, 0.25) is 5.91 Å². The van der Waals surface area contributed by atoms with Crippen LogP contribution in [0.2, 0.25) is 0 Å². The summed E-state index contributed by atoms with van der Waals surface area (Å²) in [5, 5.41) is 16.0. The number of carbonyl (C=O) groups excluding carboxylic acids is 1. The summed E-state index contributed by atoms with van der Waals surface area (Å²) in [4.78, 5) is 31.9. The molecule has 0 radical (unpaired) electrons. The number of nitrogens with zero attached hydrogens (tertiary/aromatic N) is 5. The molecular weight excluding hydrogens is 474 g/mol. The van der Waals surface area contributed by atoms with Gasteiger partial charge in [0.1, 0.15) is 17.5 Å². The lowest BCUT2D eigenvalue weighted by Gasteiger charge is -2.38. The predicted molar refractivity (Wildman–Crippen MR) is 136 cm³/mol. The Morgan fingerprint density at radius 1 is 1.11 bits per heavy atom. The Hall–Kier alpha value is -3.24. The van der Waals surface area contributed by atoms with E-state index in [4.69, 9.17) is 9.47 Å². The number of hydrogen-bond acceptors (Lipinski definition) is 7. The van der Waals surface area contributed by atoms with Crippen molar-refractivity contribution in [3.05, 3.63) is 47.1 Å². The van der Waals surface area contributed by atoms with Gasteiger partial charge in [-0.25, -0.2) is 9.67 Å². The first-order valence-corrected chi connectivity index (χ1v) is 13.2. The third-order valence-corrected chi connectivity index (χ3v) is 7.86. The van der Waals surface area contributed by atoms with E-state index in [-0.39, 0.29) is 23.9 Å². The Balaban J connectivity index is 1.13. The third kappa shape index (κ3) is 5.13. The zero-order valence-corrected chi connectivity index (χ0v) is 20.9. The largest absolute Gasteiger partial charge is 0.493 e. The van der Waals surface area contributed by atoms with Crippen LogP contribution in [0.5, 0.6) is 5.75 Å². The van der Waals surface area contributed by atoms with Crippen molar-refractivity contribution < 1.29 is 19.4 Å². The van der Waals surface area contributed by atoms with Gasteiger partial charge in [-0.15, -0.1) is 0 Å². The summed E-state index contributed by atoms with van der Waals surface area (Å²) in [5.41, 5.74) is -0.0355. The van der Waals surface area contributed by atoms with Crippen molar-refractivity contribution >= 4 is 16.9 Å². The van der Waals surface area contributed by atoms with E-state index >= 15 is 0 Å². The highest BCUT2D eigenvalue weighted by Gasteiger charge is 2.39. The number of amides is 1. The number of ether oxygens (including phenoxy) is 2. The minimum Gasteiger partial charge on any atom is -0.493 e. The maximum atomic E-state index is 13.2. The van der Waals surface area contributed by atoms with Gasteiger partial charge in [0.25, 0.3) is 5.56 Å². The monoisotopic (exact) mass is 507 g/mol. The lowest BCUT2D eigenvalue weighted by atomic mass is 9.91. The molecule has 1 amide bonds. The van der Waals surface area contributed by atoms with Gasteiger partial charge >= 0.3 is 0 Å². The molecular formula is C27H33N5O5. The topological polar surface area (TPSA) is 112 Å². The highest BCUT2D eigenvalue weighted by atomic mass is 16.5. The summed E-state index contributed by atoms with van der Waals surface area (Å²) in [6, 6.07) is 7.61. The highest BCUT2D eigenvalue weighted by molar-refractivity contribution is 5.81. The fourth-order valence-electron chi connectivity index (χ4n) is 5.27. The van der Waals surface area contributed by atoms with E-state index in [1.807, 2.05) is 29.2 Å². The molecule has 2 aromatic heterocycles. The molecule has 1 aliphatic carbocycles. The van der Waals surface area contributed by atoms with Gasteiger partial charge in [0, 0.05) is 32.2 Å². The van der Waals surface area contributed by atoms with Crippen LogP contribution in [0.4, 0.5) is 0 Å². The van der Waals surface area contributed by atoms with E-state index in [2.05, 4.69) is 10.1 Å². The second-order valence-electron chi connectivity index (χ2n) is 10.7. The van der Waals surface area contributed by atoms with Gasteiger partial charge in [-0.2, -0.15) is 5.10 Å². The number of fused-ring (bicyclic) bond motifs is 1. The average molecular weight is 508 g/mol. The smallest absolute Gasteiger partial charge is 0.264 e. The summed E-state index contributed by atoms with van der Waals surface area (Å²) in [7, 11) is 0. The van der Waals surface area contributed by atoms with Crippen molar-refractivity contribution in [2.24, 2.45) is 11.8 Å². The Morgan fingerprint density at radius 3 is 2.54 bits per heavy atom. The van der Waals surface area contributed by atoms with Gasteiger partial charge in [-0.3, -0.25) is 14.2 Å². The lowest BCUT2D eigenvalue weighted by molar-refractivity contribution is -0.137. The molecule has 37 heavy (non-hydrogen) atoms. The maximum Gasteiger partial charge on any atom is 0.264 e. The molecule has 0 atom stereocenters. The Bertz CT molecular complexity index is 1320. The number of carbonyl (C=O) groups is 1. The van der Waals surface area contributed by atoms with Crippen molar-refractivity contribution in [1.29, 1.82) is 0 Å². The molecule has 4 heterocycles. The molecule has 0 unspecified atom stereocenters. The summed E-state index contributed by atoms with van der Waals surface area (Å²) >= 11 is 0. The molecule has 6 rings (SSSR count). The normalized spacial score (nSPS) is 20.3. The van der Waals surface area contributed by atoms with E-state index in [9.17, 15) is 14.7 Å². The van der Waals surface area contributed by atoms with Crippen molar-refractivity contribution in [1.82, 2.24) is 24.2 Å². The SMILES string of the molecule is O=C(C1CC1)N1CCC(O)(Cn2cnc3c(cnn3-c3ccc(OCC4CCOCC4)cc3)c2=O)CC1. The Morgan fingerprint density at radius 2 is 1.84 bits per heavy atom.